The van der Waals surface area contributed by atoms with Crippen molar-refractivity contribution < 1.29 is 39.1 Å². The van der Waals surface area contributed by atoms with Crippen LogP contribution in [0.1, 0.15) is 20.8 Å². The Balaban J connectivity index is -0.0000000304. The Morgan fingerprint density at radius 2 is 0.944 bits per heavy atom. The van der Waals surface area contributed by atoms with Crippen molar-refractivity contribution in [2.45, 2.75) is 20.8 Å². The van der Waals surface area contributed by atoms with Crippen molar-refractivity contribution in [1.82, 2.24) is 4.90 Å². The molecule has 0 unspecified atom stereocenters. The van der Waals surface area contributed by atoms with Gasteiger partial charge in [-0.2, -0.15) is 0 Å². The zero-order valence-corrected chi connectivity index (χ0v) is 11.6. The molecule has 0 amide bonds. The SMILES string of the molecule is CCN(CC)[C](C)=[Cr].[C-]#[O+].[C-]#[O+].[C-]#[O+].[C-]#[O+].[C-]#[O+]. The molecule has 7 heteroatoms. The van der Waals surface area contributed by atoms with E-state index in [1.54, 1.807) is 0 Å². The summed E-state index contributed by atoms with van der Waals surface area (Å²) in [6.45, 7) is 31.1. The van der Waals surface area contributed by atoms with E-state index >= 15 is 0 Å². The number of nitrogens with zero attached hydrogens (tertiary/aromatic N) is 1. The predicted molar refractivity (Wildman–Crippen MR) is 53.2 cm³/mol. The fourth-order valence-corrected chi connectivity index (χ4v) is 1.07. The first kappa shape index (κ1) is 36.0. The van der Waals surface area contributed by atoms with Crippen molar-refractivity contribution in [2.24, 2.45) is 0 Å². The Morgan fingerprint density at radius 1 is 0.778 bits per heavy atom. The summed E-state index contributed by atoms with van der Waals surface area (Å²) in [7, 11) is 0. The van der Waals surface area contributed by atoms with Crippen LogP contribution in [0.25, 0.3) is 0 Å². The van der Waals surface area contributed by atoms with Crippen LogP contribution in [0, 0.1) is 33.3 Å². The fraction of sp³-hybridized carbons (Fsp3) is 0.455. The molecule has 0 saturated carbocycles. The van der Waals surface area contributed by atoms with Crippen LogP contribution < -0.4 is 0 Å². The minimum atomic E-state index is 1.11. The summed E-state index contributed by atoms with van der Waals surface area (Å²) in [4.78, 5) is 2.28. The second-order valence-electron chi connectivity index (χ2n) is 1.69. The Kier molecular flexibility index (Phi) is 146. The van der Waals surface area contributed by atoms with Crippen LogP contribution in [0.4, 0.5) is 0 Å². The molecule has 18 heavy (non-hydrogen) atoms. The summed E-state index contributed by atoms with van der Waals surface area (Å²) in [6.07, 6.45) is 0. The van der Waals surface area contributed by atoms with Gasteiger partial charge in [-0.3, -0.25) is 0 Å². The predicted octanol–water partition coefficient (Wildman–Crippen LogP) is 0.837. The van der Waals surface area contributed by atoms with Crippen molar-refractivity contribution in [2.75, 3.05) is 13.1 Å². The third kappa shape index (κ3) is 59.7. The molecule has 0 aromatic heterocycles. The standard InChI is InChI=1S/C6H13N.5CO.Cr/c1-4-7(5-2)6-3;5*1-2;/h4-5H2,1-3H3;;;;;;. The van der Waals surface area contributed by atoms with Crippen LogP contribution in [0.2, 0.25) is 0 Å². The van der Waals surface area contributed by atoms with E-state index in [0.717, 1.165) is 13.1 Å². The van der Waals surface area contributed by atoms with Gasteiger partial charge in [0.1, 0.15) is 0 Å². The molecular weight excluding hydrogens is 278 g/mol. The van der Waals surface area contributed by atoms with E-state index in [1.165, 1.54) is 4.50 Å². The molecule has 0 aliphatic carbocycles. The number of hydrogen-bond donors (Lipinski definition) is 0. The number of hydrogen-bond acceptors (Lipinski definition) is 1. The molecule has 0 aromatic carbocycles. The van der Waals surface area contributed by atoms with Crippen molar-refractivity contribution in [3.63, 3.8) is 0 Å². The van der Waals surface area contributed by atoms with E-state index in [-0.39, 0.29) is 0 Å². The zero-order valence-electron chi connectivity index (χ0n) is 10.3. The maximum atomic E-state index is 7.50. The van der Waals surface area contributed by atoms with Crippen LogP contribution in [0.3, 0.4) is 0 Å². The van der Waals surface area contributed by atoms with E-state index in [1.807, 2.05) is 0 Å². The Labute approximate surface area is 116 Å². The van der Waals surface area contributed by atoms with Gasteiger partial charge < -0.3 is 0 Å². The summed E-state index contributed by atoms with van der Waals surface area (Å²) >= 11 is 2.98. The Bertz CT molecular complexity index is 203. The third-order valence-electron chi connectivity index (χ3n) is 1.21. The van der Waals surface area contributed by atoms with Crippen LogP contribution in [-0.4, -0.2) is 22.5 Å². The van der Waals surface area contributed by atoms with Gasteiger partial charge in [0, 0.05) is 0 Å². The van der Waals surface area contributed by atoms with Crippen LogP contribution >= 0.6 is 0 Å². The van der Waals surface area contributed by atoms with Crippen LogP contribution in [0.5, 0.6) is 0 Å². The van der Waals surface area contributed by atoms with Crippen molar-refractivity contribution in [3.8, 4) is 0 Å². The van der Waals surface area contributed by atoms with Crippen molar-refractivity contribution in [3.05, 3.63) is 33.3 Å². The fourth-order valence-electron chi connectivity index (χ4n) is 0.669. The maximum absolute atomic E-state index is 7.50. The molecule has 0 spiro atoms. The summed E-state index contributed by atoms with van der Waals surface area (Å²) in [5.74, 6) is 0. The molecular formula is C11H13CrNO5. The van der Waals surface area contributed by atoms with E-state index in [4.69, 9.17) is 23.3 Å². The summed E-state index contributed by atoms with van der Waals surface area (Å²) < 4.78 is 38.8. The molecule has 0 aliphatic heterocycles. The van der Waals surface area contributed by atoms with Crippen molar-refractivity contribution in [1.29, 1.82) is 0 Å². The van der Waals surface area contributed by atoms with Crippen LogP contribution in [-0.2, 0) is 39.1 Å². The second-order valence-corrected chi connectivity index (χ2v) is 2.61. The summed E-state index contributed by atoms with van der Waals surface area (Å²) in [6, 6.07) is 0. The van der Waals surface area contributed by atoms with E-state index in [0.29, 0.717) is 0 Å². The molecule has 6 nitrogen and oxygen atoms in total. The first-order chi connectivity index (χ1) is 8.72. The molecule has 0 radical (unpaired) electrons. The molecule has 98 valence electrons. The number of rotatable bonds is 3. The van der Waals surface area contributed by atoms with Gasteiger partial charge >= 0.3 is 116 Å². The van der Waals surface area contributed by atoms with Gasteiger partial charge in [-0.05, 0) is 0 Å². The van der Waals surface area contributed by atoms with Gasteiger partial charge in [0.05, 0.1) is 0 Å². The molecule has 0 aromatic rings. The zero-order chi connectivity index (χ0) is 16.6. The first-order valence-electron chi connectivity index (χ1n) is 4.00. The third-order valence-corrected chi connectivity index (χ3v) is 1.61. The van der Waals surface area contributed by atoms with Gasteiger partial charge in [-0.1, -0.05) is 0 Å². The molecule has 0 bridgehead atoms. The molecule has 0 rings (SSSR count). The Hall–Kier alpha value is -0.938. The first-order valence-corrected chi connectivity index (χ1v) is 4.63. The van der Waals surface area contributed by atoms with Gasteiger partial charge in [0.25, 0.3) is 0 Å². The average molecular weight is 291 g/mol. The molecule has 0 atom stereocenters. The van der Waals surface area contributed by atoms with Crippen molar-refractivity contribution >= 4 is 4.50 Å². The van der Waals surface area contributed by atoms with E-state index in [9.17, 15) is 0 Å². The molecule has 0 fully saturated rings. The molecule has 0 saturated heterocycles. The van der Waals surface area contributed by atoms with Gasteiger partial charge in [-0.15, -0.1) is 0 Å². The summed E-state index contributed by atoms with van der Waals surface area (Å²) in [5.41, 5.74) is 0. The molecule has 0 aliphatic rings. The minimum absolute atomic E-state index is 1.11. The average Bonchev–Trinajstić information content (AvgIpc) is 2.50. The topological polar surface area (TPSA) is 103 Å². The monoisotopic (exact) mass is 291 g/mol. The van der Waals surface area contributed by atoms with Gasteiger partial charge in [0.15, 0.2) is 0 Å². The van der Waals surface area contributed by atoms with Gasteiger partial charge in [-0.25, -0.2) is 0 Å². The Morgan fingerprint density at radius 3 is 0.944 bits per heavy atom. The summed E-state index contributed by atoms with van der Waals surface area (Å²) in [5, 5.41) is 0. The van der Waals surface area contributed by atoms with E-state index < -0.39 is 0 Å². The van der Waals surface area contributed by atoms with Gasteiger partial charge in [0.2, 0.25) is 0 Å². The molecule has 0 N–H and O–H groups in total. The molecule has 0 heterocycles. The quantitative estimate of drug-likeness (QED) is 0.558. The second kappa shape index (κ2) is 73.1. The van der Waals surface area contributed by atoms with Crippen LogP contribution in [0.15, 0.2) is 0 Å². The van der Waals surface area contributed by atoms with E-state index in [2.05, 4.69) is 74.8 Å². The normalized spacial score (nSPS) is 5.00.